The first kappa shape index (κ1) is 14.3. The van der Waals surface area contributed by atoms with Crippen LogP contribution in [0.4, 0.5) is 4.39 Å². The maximum atomic E-state index is 12.7. The molecular formula is C13H12BrFN2O. The van der Waals surface area contributed by atoms with Gasteiger partial charge in [-0.3, -0.25) is 4.79 Å². The number of primary amides is 1. The lowest BCUT2D eigenvalue weighted by Gasteiger charge is -1.99. The zero-order chi connectivity index (χ0) is 12.3. The van der Waals surface area contributed by atoms with E-state index >= 15 is 0 Å². The Kier molecular flexibility index (Phi) is 4.97. The maximum Gasteiger partial charge on any atom is 0.254 e. The summed E-state index contributed by atoms with van der Waals surface area (Å²) >= 11 is 0. The topological polar surface area (TPSA) is 47.0 Å². The SMILES string of the molecule is NC(=O)c1ccc[n+](Cc2ccc(F)cc2)c1.[Br-]. The molecule has 1 aromatic carbocycles. The molecule has 0 radical (unpaired) electrons. The largest absolute Gasteiger partial charge is 1.00 e. The van der Waals surface area contributed by atoms with Gasteiger partial charge in [0.15, 0.2) is 18.9 Å². The highest BCUT2D eigenvalue weighted by Crippen LogP contribution is 2.02. The predicted octanol–water partition coefficient (Wildman–Crippen LogP) is -1.74. The highest BCUT2D eigenvalue weighted by atomic mass is 79.9. The van der Waals surface area contributed by atoms with Crippen LogP contribution in [-0.2, 0) is 6.54 Å². The Morgan fingerprint density at radius 1 is 1.22 bits per heavy atom. The van der Waals surface area contributed by atoms with Crippen LogP contribution in [0.2, 0.25) is 0 Å². The first-order valence-electron chi connectivity index (χ1n) is 5.18. The van der Waals surface area contributed by atoms with Crippen LogP contribution >= 0.6 is 0 Å². The van der Waals surface area contributed by atoms with Gasteiger partial charge in [-0.25, -0.2) is 4.39 Å². The summed E-state index contributed by atoms with van der Waals surface area (Å²) in [6, 6.07) is 9.65. The van der Waals surface area contributed by atoms with E-state index in [0.29, 0.717) is 12.1 Å². The Balaban J connectivity index is 0.00000162. The predicted molar refractivity (Wildman–Crippen MR) is 60.7 cm³/mol. The number of hydrogen-bond donors (Lipinski definition) is 1. The molecule has 18 heavy (non-hydrogen) atoms. The molecule has 0 bridgehead atoms. The number of hydrogen-bond acceptors (Lipinski definition) is 1. The maximum absolute atomic E-state index is 12.7. The Labute approximate surface area is 115 Å². The molecule has 0 unspecified atom stereocenters. The summed E-state index contributed by atoms with van der Waals surface area (Å²) in [4.78, 5) is 11.0. The second-order valence-corrected chi connectivity index (χ2v) is 3.76. The quantitative estimate of drug-likeness (QED) is 0.673. The van der Waals surface area contributed by atoms with Crippen LogP contribution in [0, 0.1) is 5.82 Å². The number of halogens is 2. The molecule has 2 rings (SSSR count). The van der Waals surface area contributed by atoms with Crippen LogP contribution in [0.5, 0.6) is 0 Å². The highest BCUT2D eigenvalue weighted by Gasteiger charge is 2.07. The molecule has 1 aromatic heterocycles. The zero-order valence-corrected chi connectivity index (χ0v) is 11.1. The molecule has 0 aliphatic carbocycles. The molecule has 0 aliphatic heterocycles. The van der Waals surface area contributed by atoms with Crippen LogP contribution in [0.1, 0.15) is 15.9 Å². The van der Waals surface area contributed by atoms with Gasteiger partial charge in [-0.15, -0.1) is 0 Å². The molecular weight excluding hydrogens is 299 g/mol. The van der Waals surface area contributed by atoms with Crippen molar-refractivity contribution >= 4 is 5.91 Å². The van der Waals surface area contributed by atoms with Crippen LogP contribution in [0.3, 0.4) is 0 Å². The summed E-state index contributed by atoms with van der Waals surface area (Å²) < 4.78 is 14.6. The van der Waals surface area contributed by atoms with Crippen molar-refractivity contribution in [2.45, 2.75) is 6.54 Å². The summed E-state index contributed by atoms with van der Waals surface area (Å²) in [6.45, 7) is 0.571. The van der Waals surface area contributed by atoms with Gasteiger partial charge in [0.1, 0.15) is 11.4 Å². The minimum absolute atomic E-state index is 0. The summed E-state index contributed by atoms with van der Waals surface area (Å²) in [5.74, 6) is -0.719. The third-order valence-electron chi connectivity index (χ3n) is 2.42. The van der Waals surface area contributed by atoms with Gasteiger partial charge < -0.3 is 22.7 Å². The molecule has 0 aliphatic rings. The number of carbonyl (C=O) groups excluding carboxylic acids is 1. The minimum Gasteiger partial charge on any atom is -1.00 e. The van der Waals surface area contributed by atoms with Crippen molar-refractivity contribution in [3.8, 4) is 0 Å². The number of amides is 1. The smallest absolute Gasteiger partial charge is 0.254 e. The molecule has 1 heterocycles. The fourth-order valence-corrected chi connectivity index (χ4v) is 1.57. The standard InChI is InChI=1S/C13H11FN2O.BrH/c14-12-5-3-10(4-6-12)8-16-7-1-2-11(9-16)13(15)17;/h1-7,9H,8H2,(H-,15,17);1H. The Morgan fingerprint density at radius 3 is 2.50 bits per heavy atom. The highest BCUT2D eigenvalue weighted by molar-refractivity contribution is 5.92. The average Bonchev–Trinajstić information content (AvgIpc) is 2.32. The Bertz CT molecular complexity index is 543. The molecule has 94 valence electrons. The number of pyridine rings is 1. The van der Waals surface area contributed by atoms with Gasteiger partial charge in [0, 0.05) is 11.6 Å². The van der Waals surface area contributed by atoms with Crippen LogP contribution < -0.4 is 27.3 Å². The van der Waals surface area contributed by atoms with Gasteiger partial charge in [-0.05, 0) is 30.3 Å². The van der Waals surface area contributed by atoms with E-state index in [2.05, 4.69) is 0 Å². The van der Waals surface area contributed by atoms with Crippen molar-refractivity contribution in [3.05, 3.63) is 65.7 Å². The van der Waals surface area contributed by atoms with E-state index in [1.165, 1.54) is 12.1 Å². The van der Waals surface area contributed by atoms with Crippen LogP contribution in [-0.4, -0.2) is 5.91 Å². The molecule has 1 amide bonds. The molecule has 2 N–H and O–H groups in total. The minimum atomic E-state index is -0.460. The van der Waals surface area contributed by atoms with E-state index in [9.17, 15) is 9.18 Å². The van der Waals surface area contributed by atoms with E-state index in [-0.39, 0.29) is 22.8 Å². The number of nitrogens with two attached hydrogens (primary N) is 1. The lowest BCUT2D eigenvalue weighted by Crippen LogP contribution is -3.00. The van der Waals surface area contributed by atoms with Gasteiger partial charge >= 0.3 is 0 Å². The van der Waals surface area contributed by atoms with E-state index in [1.807, 2.05) is 10.8 Å². The first-order chi connectivity index (χ1) is 8.15. The molecule has 5 heteroatoms. The third-order valence-corrected chi connectivity index (χ3v) is 2.42. The summed E-state index contributed by atoms with van der Waals surface area (Å²) in [6.07, 6.45) is 3.50. The van der Waals surface area contributed by atoms with Crippen molar-refractivity contribution in [2.75, 3.05) is 0 Å². The number of aromatic nitrogens is 1. The van der Waals surface area contributed by atoms with Crippen LogP contribution in [0.25, 0.3) is 0 Å². The number of rotatable bonds is 3. The molecule has 2 aromatic rings. The lowest BCUT2D eigenvalue weighted by atomic mass is 10.2. The van der Waals surface area contributed by atoms with Gasteiger partial charge in [-0.1, -0.05) is 0 Å². The number of carbonyl (C=O) groups is 1. The van der Waals surface area contributed by atoms with Gasteiger partial charge in [0.25, 0.3) is 5.91 Å². The van der Waals surface area contributed by atoms with E-state index in [4.69, 9.17) is 5.73 Å². The Morgan fingerprint density at radius 2 is 1.89 bits per heavy atom. The third kappa shape index (κ3) is 3.63. The average molecular weight is 311 g/mol. The number of nitrogens with zero attached hydrogens (tertiary/aromatic N) is 1. The number of benzene rings is 1. The fourth-order valence-electron chi connectivity index (χ4n) is 1.57. The molecule has 0 fully saturated rings. The first-order valence-corrected chi connectivity index (χ1v) is 5.18. The summed E-state index contributed by atoms with van der Waals surface area (Å²) in [5.41, 5.74) is 6.60. The fraction of sp³-hybridized carbons (Fsp3) is 0.0769. The van der Waals surface area contributed by atoms with E-state index < -0.39 is 5.91 Å². The van der Waals surface area contributed by atoms with Crippen molar-refractivity contribution in [3.63, 3.8) is 0 Å². The summed E-state index contributed by atoms with van der Waals surface area (Å²) in [5, 5.41) is 0. The lowest BCUT2D eigenvalue weighted by molar-refractivity contribution is -0.688. The van der Waals surface area contributed by atoms with Gasteiger partial charge in [0.2, 0.25) is 0 Å². The van der Waals surface area contributed by atoms with Gasteiger partial charge in [0.05, 0.1) is 0 Å². The Hall–Kier alpha value is -1.75. The molecule has 0 saturated carbocycles. The van der Waals surface area contributed by atoms with Crippen molar-refractivity contribution in [1.82, 2.24) is 0 Å². The van der Waals surface area contributed by atoms with Crippen LogP contribution in [0.15, 0.2) is 48.8 Å². The second kappa shape index (κ2) is 6.26. The zero-order valence-electron chi connectivity index (χ0n) is 9.51. The van der Waals surface area contributed by atoms with E-state index in [1.54, 1.807) is 30.5 Å². The van der Waals surface area contributed by atoms with Crippen molar-refractivity contribution in [1.29, 1.82) is 0 Å². The molecule has 0 saturated heterocycles. The van der Waals surface area contributed by atoms with Crippen molar-refractivity contribution < 1.29 is 30.7 Å². The normalized spacial score (nSPS) is 9.61. The van der Waals surface area contributed by atoms with Gasteiger partial charge in [-0.2, -0.15) is 4.57 Å². The summed E-state index contributed by atoms with van der Waals surface area (Å²) in [7, 11) is 0. The molecule has 0 atom stereocenters. The molecule has 0 spiro atoms. The molecule has 3 nitrogen and oxygen atoms in total. The second-order valence-electron chi connectivity index (χ2n) is 3.76. The van der Waals surface area contributed by atoms with E-state index in [0.717, 1.165) is 5.56 Å². The van der Waals surface area contributed by atoms with Crippen molar-refractivity contribution in [2.24, 2.45) is 5.73 Å². The monoisotopic (exact) mass is 310 g/mol.